The molecular formula is C18H30FN3O3S. The van der Waals surface area contributed by atoms with Gasteiger partial charge >= 0.3 is 10.2 Å². The van der Waals surface area contributed by atoms with Crippen molar-refractivity contribution in [1.82, 2.24) is 9.62 Å². The molecule has 6 nitrogen and oxygen atoms in total. The van der Waals surface area contributed by atoms with Crippen LogP contribution in [0.15, 0.2) is 24.3 Å². The second-order valence-electron chi connectivity index (χ2n) is 6.47. The Bertz CT molecular complexity index is 680. The van der Waals surface area contributed by atoms with Gasteiger partial charge in [-0.2, -0.15) is 12.7 Å². The van der Waals surface area contributed by atoms with Crippen molar-refractivity contribution in [3.8, 4) is 0 Å². The van der Waals surface area contributed by atoms with Crippen molar-refractivity contribution < 1.29 is 17.6 Å². The molecule has 1 rings (SSSR count). The molecule has 0 aliphatic heterocycles. The molecule has 1 aromatic rings. The molecule has 148 valence electrons. The van der Waals surface area contributed by atoms with Gasteiger partial charge in [0.1, 0.15) is 12.4 Å². The van der Waals surface area contributed by atoms with E-state index in [0.717, 1.165) is 34.3 Å². The van der Waals surface area contributed by atoms with Crippen LogP contribution in [0.1, 0.15) is 39.5 Å². The second kappa shape index (κ2) is 10.5. The van der Waals surface area contributed by atoms with E-state index in [1.807, 2.05) is 0 Å². The molecular weight excluding hydrogens is 357 g/mol. The molecule has 0 heterocycles. The second-order valence-corrected chi connectivity index (χ2v) is 8.54. The summed E-state index contributed by atoms with van der Waals surface area (Å²) in [6.07, 6.45) is 4.13. The van der Waals surface area contributed by atoms with Crippen LogP contribution in [-0.4, -0.2) is 45.8 Å². The van der Waals surface area contributed by atoms with E-state index in [-0.39, 0.29) is 5.69 Å². The summed E-state index contributed by atoms with van der Waals surface area (Å²) in [5.74, 6) is -0.792. The van der Waals surface area contributed by atoms with E-state index in [1.54, 1.807) is 0 Å². The minimum atomic E-state index is -4.00. The van der Waals surface area contributed by atoms with Crippen LogP contribution in [0.3, 0.4) is 0 Å². The van der Waals surface area contributed by atoms with Gasteiger partial charge < -0.3 is 5.32 Å². The van der Waals surface area contributed by atoms with Crippen molar-refractivity contribution >= 4 is 21.8 Å². The maximum atomic E-state index is 14.1. The van der Waals surface area contributed by atoms with Crippen LogP contribution in [0.2, 0.25) is 0 Å². The predicted molar refractivity (Wildman–Crippen MR) is 103 cm³/mol. The van der Waals surface area contributed by atoms with E-state index in [9.17, 15) is 17.6 Å². The minimum absolute atomic E-state index is 0.144. The van der Waals surface area contributed by atoms with Crippen LogP contribution in [0, 0.1) is 11.7 Å². The van der Waals surface area contributed by atoms with Gasteiger partial charge in [-0.05, 0) is 24.5 Å². The van der Waals surface area contributed by atoms with E-state index >= 15 is 0 Å². The third kappa shape index (κ3) is 6.25. The Labute approximate surface area is 156 Å². The van der Waals surface area contributed by atoms with Crippen LogP contribution in [0.25, 0.3) is 0 Å². The lowest BCUT2D eigenvalue weighted by molar-refractivity contribution is -0.119. The lowest BCUT2D eigenvalue weighted by Crippen LogP contribution is -2.46. The number of unbranched alkanes of at least 4 members (excludes halogenated alkanes) is 1. The van der Waals surface area contributed by atoms with Crippen molar-refractivity contribution in [3.63, 3.8) is 0 Å². The summed E-state index contributed by atoms with van der Waals surface area (Å²) in [4.78, 5) is 12.3. The topological polar surface area (TPSA) is 69.7 Å². The molecule has 0 bridgehead atoms. The molecule has 0 fully saturated rings. The molecule has 0 unspecified atom stereocenters. The minimum Gasteiger partial charge on any atom is -0.354 e. The quantitative estimate of drug-likeness (QED) is 0.635. The summed E-state index contributed by atoms with van der Waals surface area (Å²) in [5, 5.41) is 2.79. The summed E-state index contributed by atoms with van der Waals surface area (Å²) < 4.78 is 41.0. The maximum Gasteiger partial charge on any atom is 0.304 e. The van der Waals surface area contributed by atoms with Crippen molar-refractivity contribution in [1.29, 1.82) is 0 Å². The fourth-order valence-electron chi connectivity index (χ4n) is 2.53. The summed E-state index contributed by atoms with van der Waals surface area (Å²) in [6.45, 7) is 4.20. The van der Waals surface area contributed by atoms with Crippen LogP contribution >= 0.6 is 0 Å². The number of carbonyl (C=O) groups is 1. The first-order chi connectivity index (χ1) is 12.2. The smallest absolute Gasteiger partial charge is 0.304 e. The predicted octanol–water partition coefficient (Wildman–Crippen LogP) is 2.77. The highest BCUT2D eigenvalue weighted by atomic mass is 32.2. The molecule has 0 saturated carbocycles. The zero-order valence-electron chi connectivity index (χ0n) is 16.0. The molecule has 0 aliphatic carbocycles. The van der Waals surface area contributed by atoms with E-state index in [0.29, 0.717) is 12.5 Å². The van der Waals surface area contributed by atoms with Crippen molar-refractivity contribution in [2.24, 2.45) is 5.92 Å². The lowest BCUT2D eigenvalue weighted by atomic mass is 9.99. The third-order valence-electron chi connectivity index (χ3n) is 4.28. The Balaban J connectivity index is 2.90. The average Bonchev–Trinajstić information content (AvgIpc) is 2.60. The summed E-state index contributed by atoms with van der Waals surface area (Å²) in [7, 11) is -1.31. The number of para-hydroxylation sites is 1. The van der Waals surface area contributed by atoms with Gasteiger partial charge in [-0.15, -0.1) is 0 Å². The van der Waals surface area contributed by atoms with Crippen molar-refractivity contribution in [2.45, 2.75) is 39.5 Å². The first-order valence-corrected chi connectivity index (χ1v) is 10.3. The van der Waals surface area contributed by atoms with Gasteiger partial charge in [0.15, 0.2) is 0 Å². The zero-order valence-corrected chi connectivity index (χ0v) is 16.9. The highest BCUT2D eigenvalue weighted by molar-refractivity contribution is 7.90. The molecule has 0 spiro atoms. The van der Waals surface area contributed by atoms with Gasteiger partial charge in [0, 0.05) is 20.6 Å². The Morgan fingerprint density at radius 1 is 1.23 bits per heavy atom. The van der Waals surface area contributed by atoms with E-state index in [4.69, 9.17) is 0 Å². The van der Waals surface area contributed by atoms with Gasteiger partial charge in [0.2, 0.25) is 5.91 Å². The van der Waals surface area contributed by atoms with Gasteiger partial charge in [0.25, 0.3) is 0 Å². The Kier molecular flexibility index (Phi) is 9.01. The number of amides is 1. The fraction of sp³-hybridized carbons (Fsp3) is 0.611. The first-order valence-electron chi connectivity index (χ1n) is 8.95. The molecule has 1 N–H and O–H groups in total. The molecule has 26 heavy (non-hydrogen) atoms. The number of anilines is 1. The maximum absolute atomic E-state index is 14.1. The Morgan fingerprint density at radius 2 is 1.88 bits per heavy atom. The van der Waals surface area contributed by atoms with Crippen LogP contribution in [0.4, 0.5) is 10.1 Å². The number of rotatable bonds is 11. The van der Waals surface area contributed by atoms with Gasteiger partial charge in [-0.3, -0.25) is 4.79 Å². The SMILES string of the molecule is CCCC[C@H](CC)CNC(=O)CN(c1ccccc1F)S(=O)(=O)N(C)C. The molecule has 1 amide bonds. The monoisotopic (exact) mass is 387 g/mol. The number of carbonyl (C=O) groups excluding carboxylic acids is 1. The summed E-state index contributed by atoms with van der Waals surface area (Å²) >= 11 is 0. The van der Waals surface area contributed by atoms with Gasteiger partial charge in [-0.25, -0.2) is 8.70 Å². The van der Waals surface area contributed by atoms with Crippen LogP contribution in [-0.2, 0) is 15.0 Å². The Morgan fingerprint density at radius 3 is 2.42 bits per heavy atom. The van der Waals surface area contributed by atoms with Crippen molar-refractivity contribution in [2.75, 3.05) is 31.5 Å². The fourth-order valence-corrected chi connectivity index (χ4v) is 3.60. The van der Waals surface area contributed by atoms with Gasteiger partial charge in [-0.1, -0.05) is 45.2 Å². The number of benzene rings is 1. The number of halogens is 1. The number of hydrogen-bond donors (Lipinski definition) is 1. The molecule has 1 aromatic carbocycles. The Hall–Kier alpha value is -1.67. The number of nitrogens with zero attached hydrogens (tertiary/aromatic N) is 2. The van der Waals surface area contributed by atoms with Crippen LogP contribution < -0.4 is 9.62 Å². The van der Waals surface area contributed by atoms with E-state index < -0.39 is 28.5 Å². The van der Waals surface area contributed by atoms with E-state index in [2.05, 4.69) is 19.2 Å². The molecule has 0 radical (unpaired) electrons. The number of hydrogen-bond acceptors (Lipinski definition) is 3. The van der Waals surface area contributed by atoms with Crippen molar-refractivity contribution in [3.05, 3.63) is 30.1 Å². The summed E-state index contributed by atoms with van der Waals surface area (Å²) in [6, 6.07) is 5.52. The first kappa shape index (κ1) is 22.4. The highest BCUT2D eigenvalue weighted by Crippen LogP contribution is 2.22. The standard InChI is InChI=1S/C18H30FN3O3S/c1-5-7-10-15(6-2)13-20-18(23)14-22(26(24,25)21(3)4)17-12-9-8-11-16(17)19/h8-9,11-12,15H,5-7,10,13-14H2,1-4H3,(H,20,23)/t15-/m0/s1. The zero-order chi connectivity index (χ0) is 19.7. The largest absolute Gasteiger partial charge is 0.354 e. The molecule has 0 aromatic heterocycles. The highest BCUT2D eigenvalue weighted by Gasteiger charge is 2.29. The third-order valence-corrected chi connectivity index (χ3v) is 6.09. The molecule has 1 atom stereocenters. The molecule has 0 aliphatic rings. The molecule has 0 saturated heterocycles. The number of nitrogens with one attached hydrogen (secondary N) is 1. The lowest BCUT2D eigenvalue weighted by Gasteiger charge is -2.27. The normalized spacial score (nSPS) is 12.8. The van der Waals surface area contributed by atoms with Gasteiger partial charge in [0.05, 0.1) is 5.69 Å². The molecule has 8 heteroatoms. The van der Waals surface area contributed by atoms with E-state index in [1.165, 1.54) is 38.4 Å². The average molecular weight is 388 g/mol. The van der Waals surface area contributed by atoms with Crippen LogP contribution in [0.5, 0.6) is 0 Å². The summed E-state index contributed by atoms with van der Waals surface area (Å²) in [5.41, 5.74) is -0.144.